The van der Waals surface area contributed by atoms with E-state index in [9.17, 15) is 22.8 Å². The van der Waals surface area contributed by atoms with Crippen LogP contribution in [0.3, 0.4) is 0 Å². The average molecular weight is 470 g/mol. The number of fused-ring (bicyclic) bond motifs is 3. The second-order valence-corrected chi connectivity index (χ2v) is 10.3. The summed E-state index contributed by atoms with van der Waals surface area (Å²) in [6.45, 7) is 4.36. The molecular weight excluding hydrogens is 447 g/mol. The van der Waals surface area contributed by atoms with E-state index in [1.54, 1.807) is 18.2 Å². The number of anilines is 1. The number of nitrogens with zero attached hydrogens (tertiary/aromatic N) is 1. The van der Waals surface area contributed by atoms with Crippen molar-refractivity contribution in [1.29, 1.82) is 0 Å². The van der Waals surface area contributed by atoms with Crippen LogP contribution in [0.2, 0.25) is 0 Å². The quantitative estimate of drug-likeness (QED) is 0.671. The zero-order valence-electron chi connectivity index (χ0n) is 16.7. The Morgan fingerprint density at radius 3 is 2.58 bits per heavy atom. The third kappa shape index (κ3) is 5.07. The highest BCUT2D eigenvalue weighted by Crippen LogP contribution is 2.36. The molecule has 5 rings (SSSR count). The third-order valence-electron chi connectivity index (χ3n) is 5.85. The van der Waals surface area contributed by atoms with Gasteiger partial charge in [0.05, 0.1) is 9.09 Å². The van der Waals surface area contributed by atoms with E-state index in [1.807, 2.05) is 11.4 Å². The van der Waals surface area contributed by atoms with Gasteiger partial charge in [-0.1, -0.05) is 17.8 Å². The van der Waals surface area contributed by atoms with Gasteiger partial charge in [-0.3, -0.25) is 14.5 Å². The SMILES string of the molecule is CC1C(NC(=O)c2ccc(Sc3cccc(NC(=O)C(F)(F)F)c3)s2)C2CCN1CC2. The molecule has 0 saturated carbocycles. The predicted molar refractivity (Wildman–Crippen MR) is 115 cm³/mol. The number of piperidine rings is 3. The van der Waals surface area contributed by atoms with Crippen molar-refractivity contribution in [3.05, 3.63) is 41.3 Å². The molecule has 0 spiro atoms. The van der Waals surface area contributed by atoms with Crippen molar-refractivity contribution in [1.82, 2.24) is 10.2 Å². The standard InChI is InChI=1S/C21H22F3N3O2S2/c1-12-18(13-7-9-27(12)10-8-13)26-19(28)16-5-6-17(31-16)30-15-4-2-3-14(11-15)25-20(29)21(22,23)24/h2-6,11-13,18H,7-10H2,1H3,(H,25,29)(H,26,28). The number of amides is 2. The predicted octanol–water partition coefficient (Wildman–Crippen LogP) is 4.61. The van der Waals surface area contributed by atoms with Gasteiger partial charge < -0.3 is 10.6 Å². The van der Waals surface area contributed by atoms with Crippen molar-refractivity contribution in [3.63, 3.8) is 0 Å². The number of carbonyl (C=O) groups is 2. The molecule has 3 fully saturated rings. The van der Waals surface area contributed by atoms with Crippen LogP contribution in [0.4, 0.5) is 18.9 Å². The summed E-state index contributed by atoms with van der Waals surface area (Å²) in [6.07, 6.45) is -2.71. The topological polar surface area (TPSA) is 61.4 Å². The van der Waals surface area contributed by atoms with E-state index in [2.05, 4.69) is 17.1 Å². The zero-order chi connectivity index (χ0) is 22.2. The van der Waals surface area contributed by atoms with Crippen LogP contribution in [0, 0.1) is 5.92 Å². The maximum absolute atomic E-state index is 12.8. The first-order valence-corrected chi connectivity index (χ1v) is 11.6. The van der Waals surface area contributed by atoms with Crippen LogP contribution in [0.1, 0.15) is 29.4 Å². The molecule has 166 valence electrons. The molecule has 2 bridgehead atoms. The summed E-state index contributed by atoms with van der Waals surface area (Å²) >= 11 is 2.67. The minimum Gasteiger partial charge on any atom is -0.347 e. The molecule has 3 saturated heterocycles. The Morgan fingerprint density at radius 2 is 1.90 bits per heavy atom. The fraction of sp³-hybridized carbons (Fsp3) is 0.429. The maximum atomic E-state index is 12.8. The largest absolute Gasteiger partial charge is 0.471 e. The molecule has 2 unspecified atom stereocenters. The number of rotatable bonds is 5. The summed E-state index contributed by atoms with van der Waals surface area (Å²) in [6, 6.07) is 10.3. The van der Waals surface area contributed by atoms with Crippen LogP contribution in [0.5, 0.6) is 0 Å². The molecule has 2 N–H and O–H groups in total. The van der Waals surface area contributed by atoms with Gasteiger partial charge in [-0.15, -0.1) is 11.3 Å². The maximum Gasteiger partial charge on any atom is 0.471 e. The van der Waals surface area contributed by atoms with E-state index in [0.29, 0.717) is 21.7 Å². The van der Waals surface area contributed by atoms with Crippen LogP contribution in [0.15, 0.2) is 45.5 Å². The summed E-state index contributed by atoms with van der Waals surface area (Å²) in [4.78, 5) is 27.6. The van der Waals surface area contributed by atoms with Crippen LogP contribution < -0.4 is 10.6 Å². The van der Waals surface area contributed by atoms with Crippen molar-refractivity contribution >= 4 is 40.6 Å². The zero-order valence-corrected chi connectivity index (χ0v) is 18.4. The van der Waals surface area contributed by atoms with Crippen LogP contribution in [-0.4, -0.2) is 48.1 Å². The lowest BCUT2D eigenvalue weighted by Crippen LogP contribution is -2.62. The van der Waals surface area contributed by atoms with Crippen molar-refractivity contribution in [2.24, 2.45) is 5.92 Å². The number of benzene rings is 1. The van der Waals surface area contributed by atoms with Crippen molar-refractivity contribution in [2.45, 2.75) is 47.1 Å². The molecule has 2 aromatic rings. The minimum absolute atomic E-state index is 0.0678. The Bertz CT molecular complexity index is 969. The Labute approximate surface area is 186 Å². The fourth-order valence-electron chi connectivity index (χ4n) is 4.22. The number of alkyl halides is 3. The summed E-state index contributed by atoms with van der Waals surface area (Å²) in [5.41, 5.74) is 0.0678. The van der Waals surface area contributed by atoms with Gasteiger partial charge in [0, 0.05) is 22.7 Å². The summed E-state index contributed by atoms with van der Waals surface area (Å²) in [7, 11) is 0. The second kappa shape index (κ2) is 8.84. The molecule has 31 heavy (non-hydrogen) atoms. The van der Waals surface area contributed by atoms with E-state index in [1.165, 1.54) is 35.2 Å². The molecule has 1 aromatic carbocycles. The molecular formula is C21H22F3N3O2S2. The normalized spacial score (nSPS) is 25.3. The molecule has 1 aromatic heterocycles. The Morgan fingerprint density at radius 1 is 1.16 bits per heavy atom. The van der Waals surface area contributed by atoms with Crippen molar-refractivity contribution in [2.75, 3.05) is 18.4 Å². The van der Waals surface area contributed by atoms with Crippen molar-refractivity contribution < 1.29 is 22.8 Å². The highest BCUT2D eigenvalue weighted by atomic mass is 32.2. The molecule has 2 amide bonds. The minimum atomic E-state index is -4.94. The molecule has 4 heterocycles. The highest BCUT2D eigenvalue weighted by molar-refractivity contribution is 8.01. The first-order chi connectivity index (χ1) is 14.7. The third-order valence-corrected chi connectivity index (χ3v) is 8.05. The number of hydrogen-bond donors (Lipinski definition) is 2. The summed E-state index contributed by atoms with van der Waals surface area (Å²) in [5.74, 6) is -1.58. The van der Waals surface area contributed by atoms with Crippen LogP contribution in [-0.2, 0) is 4.79 Å². The smallest absolute Gasteiger partial charge is 0.347 e. The lowest BCUT2D eigenvalue weighted by Gasteiger charge is -2.49. The summed E-state index contributed by atoms with van der Waals surface area (Å²) < 4.78 is 38.2. The second-order valence-electron chi connectivity index (χ2n) is 7.81. The molecule has 10 heteroatoms. The molecule has 2 atom stereocenters. The molecule has 3 aliphatic heterocycles. The Hall–Kier alpha value is -2.04. The van der Waals surface area contributed by atoms with E-state index >= 15 is 0 Å². The van der Waals surface area contributed by atoms with Crippen LogP contribution in [0.25, 0.3) is 0 Å². The van der Waals surface area contributed by atoms with Gasteiger partial charge in [0.2, 0.25) is 0 Å². The van der Waals surface area contributed by atoms with E-state index in [0.717, 1.165) is 30.1 Å². The summed E-state index contributed by atoms with van der Waals surface area (Å²) in [5, 5.41) is 5.06. The average Bonchev–Trinajstić information content (AvgIpc) is 3.19. The lowest BCUT2D eigenvalue weighted by molar-refractivity contribution is -0.167. The molecule has 5 nitrogen and oxygen atoms in total. The number of halogens is 3. The van der Waals surface area contributed by atoms with Gasteiger partial charge in [0.1, 0.15) is 0 Å². The fourth-order valence-corrected chi connectivity index (χ4v) is 6.29. The van der Waals surface area contributed by atoms with Gasteiger partial charge in [-0.25, -0.2) is 0 Å². The van der Waals surface area contributed by atoms with Crippen molar-refractivity contribution in [3.8, 4) is 0 Å². The monoisotopic (exact) mass is 469 g/mol. The van der Waals surface area contributed by atoms with Gasteiger partial charge >= 0.3 is 12.1 Å². The van der Waals surface area contributed by atoms with E-state index in [-0.39, 0.29) is 17.6 Å². The van der Waals surface area contributed by atoms with Gasteiger partial charge in [0.15, 0.2) is 0 Å². The molecule has 3 aliphatic rings. The first-order valence-electron chi connectivity index (χ1n) is 10.0. The number of carbonyl (C=O) groups excluding carboxylic acids is 2. The molecule has 0 aliphatic carbocycles. The van der Waals surface area contributed by atoms with Gasteiger partial charge in [-0.05, 0) is 69.1 Å². The van der Waals surface area contributed by atoms with Gasteiger partial charge in [0.25, 0.3) is 5.91 Å². The Kier molecular flexibility index (Phi) is 6.32. The molecule has 0 radical (unpaired) electrons. The van der Waals surface area contributed by atoms with E-state index < -0.39 is 12.1 Å². The highest BCUT2D eigenvalue weighted by Gasteiger charge is 2.40. The number of hydrogen-bond acceptors (Lipinski definition) is 5. The van der Waals surface area contributed by atoms with Crippen LogP contribution >= 0.6 is 23.1 Å². The first kappa shape index (κ1) is 22.2. The van der Waals surface area contributed by atoms with Gasteiger partial charge in [-0.2, -0.15) is 13.2 Å². The lowest BCUT2D eigenvalue weighted by atomic mass is 9.79. The number of nitrogens with one attached hydrogen (secondary N) is 2. The van der Waals surface area contributed by atoms with E-state index in [4.69, 9.17) is 0 Å². The number of thiophene rings is 1. The Balaban J connectivity index is 1.38.